The first-order valence-electron chi connectivity index (χ1n) is 4.76. The van der Waals surface area contributed by atoms with Crippen LogP contribution in [0.1, 0.15) is 5.56 Å². The third kappa shape index (κ3) is 1.94. The van der Waals surface area contributed by atoms with E-state index in [-0.39, 0.29) is 5.75 Å². The van der Waals surface area contributed by atoms with E-state index >= 15 is 0 Å². The van der Waals surface area contributed by atoms with Crippen molar-refractivity contribution in [3.8, 4) is 22.6 Å². The number of aryl methyl sites for hydroxylation is 1. The maximum absolute atomic E-state index is 9.40. The summed E-state index contributed by atoms with van der Waals surface area (Å²) in [7, 11) is 0. The van der Waals surface area contributed by atoms with Crippen molar-refractivity contribution in [2.45, 2.75) is 6.92 Å². The first-order chi connectivity index (χ1) is 7.16. The van der Waals surface area contributed by atoms with E-state index < -0.39 is 0 Å². The number of rotatable bonds is 1. The normalized spacial score (nSPS) is 10.2. The molecule has 2 aromatic carbocycles. The van der Waals surface area contributed by atoms with Crippen LogP contribution in [0.5, 0.6) is 11.5 Å². The molecule has 0 atom stereocenters. The SMILES string of the molecule is Cc1cc(-c2cccc(O)c2)ccc1O. The third-order valence-electron chi connectivity index (χ3n) is 2.38. The molecule has 0 saturated carbocycles. The molecule has 0 aliphatic heterocycles. The van der Waals surface area contributed by atoms with Gasteiger partial charge in [-0.25, -0.2) is 0 Å². The van der Waals surface area contributed by atoms with Gasteiger partial charge in [0.25, 0.3) is 0 Å². The van der Waals surface area contributed by atoms with E-state index in [2.05, 4.69) is 0 Å². The average Bonchev–Trinajstić information content (AvgIpc) is 2.22. The molecule has 2 heteroatoms. The van der Waals surface area contributed by atoms with Crippen LogP contribution in [0.4, 0.5) is 0 Å². The molecular weight excluding hydrogens is 188 g/mol. The quantitative estimate of drug-likeness (QED) is 0.742. The van der Waals surface area contributed by atoms with Crippen molar-refractivity contribution in [2.75, 3.05) is 0 Å². The summed E-state index contributed by atoms with van der Waals surface area (Å²) in [5, 5.41) is 18.7. The Morgan fingerprint density at radius 1 is 0.867 bits per heavy atom. The second-order valence-electron chi connectivity index (χ2n) is 3.55. The van der Waals surface area contributed by atoms with Gasteiger partial charge in [0.2, 0.25) is 0 Å². The Bertz CT molecular complexity index is 490. The van der Waals surface area contributed by atoms with Crippen LogP contribution in [0.2, 0.25) is 0 Å². The van der Waals surface area contributed by atoms with Crippen molar-refractivity contribution < 1.29 is 10.2 Å². The number of benzene rings is 2. The first kappa shape index (κ1) is 9.59. The van der Waals surface area contributed by atoms with Crippen LogP contribution in [0.3, 0.4) is 0 Å². The molecule has 2 N–H and O–H groups in total. The fourth-order valence-corrected chi connectivity index (χ4v) is 1.52. The molecule has 0 unspecified atom stereocenters. The number of hydrogen-bond donors (Lipinski definition) is 2. The monoisotopic (exact) mass is 200 g/mol. The molecule has 15 heavy (non-hydrogen) atoms. The largest absolute Gasteiger partial charge is 0.508 e. The van der Waals surface area contributed by atoms with Crippen molar-refractivity contribution in [3.05, 3.63) is 48.0 Å². The highest BCUT2D eigenvalue weighted by Crippen LogP contribution is 2.27. The van der Waals surface area contributed by atoms with E-state index in [4.69, 9.17) is 0 Å². The highest BCUT2D eigenvalue weighted by molar-refractivity contribution is 5.66. The lowest BCUT2D eigenvalue weighted by atomic mass is 10.0. The molecule has 0 spiro atoms. The van der Waals surface area contributed by atoms with Gasteiger partial charge in [0.1, 0.15) is 11.5 Å². The second kappa shape index (κ2) is 3.65. The van der Waals surface area contributed by atoms with Gasteiger partial charge < -0.3 is 10.2 Å². The van der Waals surface area contributed by atoms with Crippen LogP contribution in [0.25, 0.3) is 11.1 Å². The molecule has 76 valence electrons. The average molecular weight is 200 g/mol. The van der Waals surface area contributed by atoms with E-state index in [0.717, 1.165) is 16.7 Å². The summed E-state index contributed by atoms with van der Waals surface area (Å²) in [6.45, 7) is 1.85. The van der Waals surface area contributed by atoms with E-state index in [0.29, 0.717) is 5.75 Å². The Morgan fingerprint density at radius 2 is 1.60 bits per heavy atom. The molecule has 0 aromatic heterocycles. The zero-order chi connectivity index (χ0) is 10.8. The molecule has 0 bridgehead atoms. The minimum atomic E-state index is 0.248. The molecule has 2 aromatic rings. The summed E-state index contributed by atoms with van der Waals surface area (Å²) in [5.41, 5.74) is 2.76. The van der Waals surface area contributed by atoms with Gasteiger partial charge in [0, 0.05) is 0 Å². The number of hydrogen-bond acceptors (Lipinski definition) is 2. The van der Waals surface area contributed by atoms with Gasteiger partial charge in [0.05, 0.1) is 0 Å². The third-order valence-corrected chi connectivity index (χ3v) is 2.38. The predicted molar refractivity (Wildman–Crippen MR) is 59.9 cm³/mol. The summed E-state index contributed by atoms with van der Waals surface area (Å²) in [6, 6.07) is 12.4. The fourth-order valence-electron chi connectivity index (χ4n) is 1.52. The maximum Gasteiger partial charge on any atom is 0.118 e. The molecular formula is C13H12O2. The molecule has 0 heterocycles. The molecule has 0 amide bonds. The number of phenols is 2. The summed E-state index contributed by atoms with van der Waals surface area (Å²) >= 11 is 0. The molecule has 2 rings (SSSR count). The van der Waals surface area contributed by atoms with Gasteiger partial charge in [-0.05, 0) is 47.9 Å². The van der Waals surface area contributed by atoms with Crippen LogP contribution in [-0.2, 0) is 0 Å². The minimum Gasteiger partial charge on any atom is -0.508 e. The zero-order valence-corrected chi connectivity index (χ0v) is 8.44. The Kier molecular flexibility index (Phi) is 2.34. The Morgan fingerprint density at radius 3 is 2.27 bits per heavy atom. The standard InChI is InChI=1S/C13H12O2/c1-9-7-11(5-6-13(9)15)10-3-2-4-12(14)8-10/h2-8,14-15H,1H3. The lowest BCUT2D eigenvalue weighted by molar-refractivity contribution is 0.471. The van der Waals surface area contributed by atoms with E-state index in [1.807, 2.05) is 25.1 Å². The number of aromatic hydroxyl groups is 2. The smallest absolute Gasteiger partial charge is 0.118 e. The molecule has 0 saturated heterocycles. The second-order valence-corrected chi connectivity index (χ2v) is 3.55. The first-order valence-corrected chi connectivity index (χ1v) is 4.76. The van der Waals surface area contributed by atoms with Crippen LogP contribution >= 0.6 is 0 Å². The van der Waals surface area contributed by atoms with Gasteiger partial charge in [0.15, 0.2) is 0 Å². The Balaban J connectivity index is 2.50. The van der Waals surface area contributed by atoms with Crippen molar-refractivity contribution >= 4 is 0 Å². The highest BCUT2D eigenvalue weighted by atomic mass is 16.3. The Hall–Kier alpha value is -1.96. The van der Waals surface area contributed by atoms with Gasteiger partial charge in [-0.3, -0.25) is 0 Å². The van der Waals surface area contributed by atoms with Gasteiger partial charge in [-0.15, -0.1) is 0 Å². The van der Waals surface area contributed by atoms with Crippen molar-refractivity contribution in [1.29, 1.82) is 0 Å². The van der Waals surface area contributed by atoms with Crippen molar-refractivity contribution in [2.24, 2.45) is 0 Å². The Labute approximate surface area is 88.4 Å². The molecule has 0 radical (unpaired) electrons. The molecule has 0 aliphatic rings. The summed E-state index contributed by atoms with van der Waals surface area (Å²) in [6.07, 6.45) is 0. The van der Waals surface area contributed by atoms with Gasteiger partial charge in [-0.2, -0.15) is 0 Å². The van der Waals surface area contributed by atoms with E-state index in [1.165, 1.54) is 0 Å². The highest BCUT2D eigenvalue weighted by Gasteiger charge is 2.01. The predicted octanol–water partition coefficient (Wildman–Crippen LogP) is 3.07. The van der Waals surface area contributed by atoms with E-state index in [1.54, 1.807) is 24.3 Å². The van der Waals surface area contributed by atoms with Crippen LogP contribution in [-0.4, -0.2) is 10.2 Å². The fraction of sp³-hybridized carbons (Fsp3) is 0.0769. The summed E-state index contributed by atoms with van der Waals surface area (Å²) in [4.78, 5) is 0. The minimum absolute atomic E-state index is 0.248. The molecule has 0 fully saturated rings. The summed E-state index contributed by atoms with van der Waals surface area (Å²) < 4.78 is 0. The van der Waals surface area contributed by atoms with Gasteiger partial charge >= 0.3 is 0 Å². The topological polar surface area (TPSA) is 40.5 Å². The van der Waals surface area contributed by atoms with Gasteiger partial charge in [-0.1, -0.05) is 18.2 Å². The summed E-state index contributed by atoms with van der Waals surface area (Å²) in [5.74, 6) is 0.539. The maximum atomic E-state index is 9.40. The van der Waals surface area contributed by atoms with E-state index in [9.17, 15) is 10.2 Å². The number of phenolic OH excluding ortho intramolecular Hbond substituents is 2. The molecule has 2 nitrogen and oxygen atoms in total. The van der Waals surface area contributed by atoms with Crippen molar-refractivity contribution in [3.63, 3.8) is 0 Å². The lowest BCUT2D eigenvalue weighted by Crippen LogP contribution is -1.80. The molecule has 0 aliphatic carbocycles. The van der Waals surface area contributed by atoms with Crippen LogP contribution in [0.15, 0.2) is 42.5 Å². The van der Waals surface area contributed by atoms with Crippen LogP contribution in [0, 0.1) is 6.92 Å². The van der Waals surface area contributed by atoms with Crippen molar-refractivity contribution in [1.82, 2.24) is 0 Å². The lowest BCUT2D eigenvalue weighted by Gasteiger charge is -2.04. The van der Waals surface area contributed by atoms with Crippen LogP contribution < -0.4 is 0 Å². The zero-order valence-electron chi connectivity index (χ0n) is 8.44.